The first-order valence-corrected chi connectivity index (χ1v) is 3.84. The van der Waals surface area contributed by atoms with Crippen molar-refractivity contribution in [3.05, 3.63) is 0 Å². The SMILES string of the molecule is NCCC(=O)[C@@H](N)CCC(N)=O. The summed E-state index contributed by atoms with van der Waals surface area (Å²) >= 11 is 0. The molecule has 6 N–H and O–H groups in total. The van der Waals surface area contributed by atoms with Crippen LogP contribution >= 0.6 is 0 Å². The van der Waals surface area contributed by atoms with Gasteiger partial charge in [0.25, 0.3) is 0 Å². The van der Waals surface area contributed by atoms with Gasteiger partial charge in [0.05, 0.1) is 6.04 Å². The van der Waals surface area contributed by atoms with E-state index in [2.05, 4.69) is 0 Å². The van der Waals surface area contributed by atoms with Crippen molar-refractivity contribution in [3.63, 3.8) is 0 Å². The van der Waals surface area contributed by atoms with Crippen LogP contribution in [0, 0.1) is 0 Å². The first kappa shape index (κ1) is 11.1. The van der Waals surface area contributed by atoms with Gasteiger partial charge in [-0.25, -0.2) is 0 Å². The number of hydrogen-bond acceptors (Lipinski definition) is 4. The molecular formula is C7H15N3O2. The second kappa shape index (κ2) is 5.68. The lowest BCUT2D eigenvalue weighted by Gasteiger charge is -2.07. The zero-order valence-electron chi connectivity index (χ0n) is 6.95. The quantitative estimate of drug-likeness (QED) is 0.453. The molecule has 0 saturated carbocycles. The molecule has 0 aliphatic carbocycles. The highest BCUT2D eigenvalue weighted by atomic mass is 16.1. The van der Waals surface area contributed by atoms with Crippen molar-refractivity contribution in [2.75, 3.05) is 6.54 Å². The van der Waals surface area contributed by atoms with E-state index >= 15 is 0 Å². The summed E-state index contributed by atoms with van der Waals surface area (Å²) in [4.78, 5) is 21.3. The summed E-state index contributed by atoms with van der Waals surface area (Å²) in [7, 11) is 0. The summed E-state index contributed by atoms with van der Waals surface area (Å²) in [6, 6.07) is -0.596. The first-order chi connectivity index (χ1) is 5.57. The molecule has 0 aliphatic heterocycles. The van der Waals surface area contributed by atoms with Gasteiger partial charge in [-0.2, -0.15) is 0 Å². The van der Waals surface area contributed by atoms with Crippen LogP contribution in [-0.4, -0.2) is 24.3 Å². The Labute approximate surface area is 71.3 Å². The van der Waals surface area contributed by atoms with Crippen molar-refractivity contribution in [3.8, 4) is 0 Å². The molecule has 12 heavy (non-hydrogen) atoms. The van der Waals surface area contributed by atoms with Crippen LogP contribution in [0.5, 0.6) is 0 Å². The first-order valence-electron chi connectivity index (χ1n) is 3.84. The van der Waals surface area contributed by atoms with Crippen LogP contribution in [0.25, 0.3) is 0 Å². The Morgan fingerprint density at radius 3 is 2.25 bits per heavy atom. The Kier molecular flexibility index (Phi) is 5.23. The van der Waals surface area contributed by atoms with Gasteiger partial charge < -0.3 is 17.2 Å². The Morgan fingerprint density at radius 2 is 1.83 bits per heavy atom. The molecule has 0 aromatic rings. The number of nitrogens with two attached hydrogens (primary N) is 3. The highest BCUT2D eigenvalue weighted by Crippen LogP contribution is 1.97. The number of carbonyl (C=O) groups excluding carboxylic acids is 2. The van der Waals surface area contributed by atoms with Gasteiger partial charge >= 0.3 is 0 Å². The van der Waals surface area contributed by atoms with Gasteiger partial charge in [0.15, 0.2) is 5.78 Å². The molecule has 0 bridgehead atoms. The second-order valence-corrected chi connectivity index (χ2v) is 2.62. The average molecular weight is 173 g/mol. The molecule has 0 heterocycles. The lowest BCUT2D eigenvalue weighted by Crippen LogP contribution is -2.33. The molecular weight excluding hydrogens is 158 g/mol. The van der Waals surface area contributed by atoms with E-state index in [9.17, 15) is 9.59 Å². The van der Waals surface area contributed by atoms with Gasteiger partial charge in [-0.3, -0.25) is 9.59 Å². The maximum absolute atomic E-state index is 11.0. The van der Waals surface area contributed by atoms with Crippen LogP contribution in [0.3, 0.4) is 0 Å². The molecule has 0 radical (unpaired) electrons. The summed E-state index contributed by atoms with van der Waals surface area (Å²) in [5.41, 5.74) is 15.5. The van der Waals surface area contributed by atoms with E-state index in [-0.39, 0.29) is 18.6 Å². The normalized spacial score (nSPS) is 12.5. The Balaban J connectivity index is 3.63. The lowest BCUT2D eigenvalue weighted by atomic mass is 10.1. The predicted molar refractivity (Wildman–Crippen MR) is 45.1 cm³/mol. The maximum atomic E-state index is 11.0. The van der Waals surface area contributed by atoms with E-state index in [1.807, 2.05) is 0 Å². The topological polar surface area (TPSA) is 112 Å². The van der Waals surface area contributed by atoms with Crippen LogP contribution < -0.4 is 17.2 Å². The van der Waals surface area contributed by atoms with E-state index in [0.717, 1.165) is 0 Å². The third-order valence-electron chi connectivity index (χ3n) is 1.51. The molecule has 0 aromatic carbocycles. The summed E-state index contributed by atoms with van der Waals surface area (Å²) in [5.74, 6) is -0.551. The zero-order valence-corrected chi connectivity index (χ0v) is 6.95. The highest BCUT2D eigenvalue weighted by Gasteiger charge is 2.12. The standard InChI is InChI=1S/C7H15N3O2/c8-4-3-6(11)5(9)1-2-7(10)12/h5H,1-4,8-9H2,(H2,10,12)/t5-/m0/s1. The van der Waals surface area contributed by atoms with E-state index in [0.29, 0.717) is 13.0 Å². The number of rotatable bonds is 6. The van der Waals surface area contributed by atoms with Crippen molar-refractivity contribution in [1.29, 1.82) is 0 Å². The number of hydrogen-bond donors (Lipinski definition) is 3. The molecule has 0 spiro atoms. The molecule has 1 atom stereocenters. The highest BCUT2D eigenvalue weighted by molar-refractivity contribution is 5.84. The van der Waals surface area contributed by atoms with E-state index in [4.69, 9.17) is 17.2 Å². The number of Topliss-reactive ketones (excluding diaryl/α,β-unsaturated/α-hetero) is 1. The van der Waals surface area contributed by atoms with Crippen molar-refractivity contribution in [2.24, 2.45) is 17.2 Å². The molecule has 0 unspecified atom stereocenters. The zero-order chi connectivity index (χ0) is 9.56. The monoisotopic (exact) mass is 173 g/mol. The number of amides is 1. The summed E-state index contributed by atoms with van der Waals surface area (Å²) in [6.45, 7) is 0.295. The lowest BCUT2D eigenvalue weighted by molar-refractivity contribution is -0.120. The number of ketones is 1. The molecule has 0 fully saturated rings. The smallest absolute Gasteiger partial charge is 0.217 e. The average Bonchev–Trinajstić information content (AvgIpc) is 2.00. The number of carbonyl (C=O) groups is 2. The van der Waals surface area contributed by atoms with Gasteiger partial charge in [-0.1, -0.05) is 0 Å². The molecule has 0 aliphatic rings. The minimum Gasteiger partial charge on any atom is -0.370 e. The van der Waals surface area contributed by atoms with Gasteiger partial charge in [0, 0.05) is 12.8 Å². The third kappa shape index (κ3) is 4.81. The van der Waals surface area contributed by atoms with Gasteiger partial charge in [0.2, 0.25) is 5.91 Å². The molecule has 0 saturated heterocycles. The van der Waals surface area contributed by atoms with Crippen molar-refractivity contribution < 1.29 is 9.59 Å². The molecule has 0 aromatic heterocycles. The molecule has 5 heteroatoms. The minimum absolute atomic E-state index is 0.112. The summed E-state index contributed by atoms with van der Waals surface area (Å²) < 4.78 is 0. The molecule has 5 nitrogen and oxygen atoms in total. The van der Waals surface area contributed by atoms with Gasteiger partial charge in [0.1, 0.15) is 0 Å². The van der Waals surface area contributed by atoms with Gasteiger partial charge in [-0.15, -0.1) is 0 Å². The van der Waals surface area contributed by atoms with Gasteiger partial charge in [-0.05, 0) is 13.0 Å². The second-order valence-electron chi connectivity index (χ2n) is 2.62. The van der Waals surface area contributed by atoms with Crippen molar-refractivity contribution in [1.82, 2.24) is 0 Å². The fourth-order valence-corrected chi connectivity index (χ4v) is 0.786. The third-order valence-corrected chi connectivity index (χ3v) is 1.51. The molecule has 0 rings (SSSR count). The Bertz CT molecular complexity index is 170. The molecule has 1 amide bonds. The predicted octanol–water partition coefficient (Wildman–Crippen LogP) is -1.50. The fraction of sp³-hybridized carbons (Fsp3) is 0.714. The van der Waals surface area contributed by atoms with E-state index in [1.54, 1.807) is 0 Å². The van der Waals surface area contributed by atoms with Crippen LogP contribution in [0.1, 0.15) is 19.3 Å². The van der Waals surface area contributed by atoms with E-state index < -0.39 is 11.9 Å². The van der Waals surface area contributed by atoms with Crippen LogP contribution in [0.2, 0.25) is 0 Å². The van der Waals surface area contributed by atoms with E-state index in [1.165, 1.54) is 0 Å². The van der Waals surface area contributed by atoms with Crippen LogP contribution in [0.15, 0.2) is 0 Å². The summed E-state index contributed by atoms with van der Waals surface area (Å²) in [6.07, 6.45) is 0.728. The minimum atomic E-state index is -0.596. The van der Waals surface area contributed by atoms with Crippen LogP contribution in [-0.2, 0) is 9.59 Å². The largest absolute Gasteiger partial charge is 0.370 e. The van der Waals surface area contributed by atoms with Crippen molar-refractivity contribution >= 4 is 11.7 Å². The molecule has 70 valence electrons. The Morgan fingerprint density at radius 1 is 1.25 bits per heavy atom. The summed E-state index contributed by atoms with van der Waals surface area (Å²) in [5, 5.41) is 0. The van der Waals surface area contributed by atoms with Crippen LogP contribution in [0.4, 0.5) is 0 Å². The fourth-order valence-electron chi connectivity index (χ4n) is 0.786. The number of primary amides is 1. The van der Waals surface area contributed by atoms with Crippen molar-refractivity contribution in [2.45, 2.75) is 25.3 Å². The maximum Gasteiger partial charge on any atom is 0.217 e. The Hall–Kier alpha value is -0.940.